The van der Waals surface area contributed by atoms with Crippen LogP contribution in [-0.2, 0) is 0 Å². The van der Waals surface area contributed by atoms with E-state index in [0.29, 0.717) is 29.5 Å². The predicted molar refractivity (Wildman–Crippen MR) is 81.1 cm³/mol. The smallest absolute Gasteiger partial charge is 0.259 e. The number of anilines is 1. The van der Waals surface area contributed by atoms with E-state index >= 15 is 0 Å². The lowest BCUT2D eigenvalue weighted by Crippen LogP contribution is -2.15. The molecule has 0 saturated carbocycles. The van der Waals surface area contributed by atoms with Crippen LogP contribution in [0.15, 0.2) is 48.5 Å². The van der Waals surface area contributed by atoms with Crippen LogP contribution in [0.3, 0.4) is 0 Å². The van der Waals surface area contributed by atoms with Crippen LogP contribution in [0.5, 0.6) is 5.75 Å². The summed E-state index contributed by atoms with van der Waals surface area (Å²) < 4.78 is 18.8. The number of ether oxygens (including phenoxy) is 1. The molecule has 0 saturated heterocycles. The third-order valence-electron chi connectivity index (χ3n) is 2.79. The first kappa shape index (κ1) is 15.0. The number of benzene rings is 2. The molecule has 1 amide bonds. The normalized spacial score (nSPS) is 10.5. The lowest BCUT2D eigenvalue weighted by atomic mass is 10.1. The first-order chi connectivity index (χ1) is 10.1. The molecule has 0 aromatic heterocycles. The second-order valence-corrected chi connectivity index (χ2v) is 5.17. The first-order valence-corrected chi connectivity index (χ1v) is 6.85. The Morgan fingerprint density at radius 2 is 1.95 bits per heavy atom. The molecular formula is C17H18FNO2. The van der Waals surface area contributed by atoms with Crippen LogP contribution in [0, 0.1) is 11.7 Å². The Balaban J connectivity index is 2.15. The maximum Gasteiger partial charge on any atom is 0.259 e. The molecule has 0 fully saturated rings. The fourth-order valence-electron chi connectivity index (χ4n) is 1.80. The fourth-order valence-corrected chi connectivity index (χ4v) is 1.80. The van der Waals surface area contributed by atoms with Crippen molar-refractivity contribution >= 4 is 11.6 Å². The van der Waals surface area contributed by atoms with Crippen molar-refractivity contribution in [1.29, 1.82) is 0 Å². The van der Waals surface area contributed by atoms with Gasteiger partial charge in [-0.25, -0.2) is 4.39 Å². The fraction of sp³-hybridized carbons (Fsp3) is 0.235. The van der Waals surface area contributed by atoms with Gasteiger partial charge in [-0.1, -0.05) is 32.0 Å². The van der Waals surface area contributed by atoms with Gasteiger partial charge in [0.1, 0.15) is 11.6 Å². The Morgan fingerprint density at radius 1 is 1.19 bits per heavy atom. The maximum absolute atomic E-state index is 13.1. The van der Waals surface area contributed by atoms with E-state index in [9.17, 15) is 9.18 Å². The monoisotopic (exact) mass is 287 g/mol. The highest BCUT2D eigenvalue weighted by Crippen LogP contribution is 2.20. The van der Waals surface area contributed by atoms with E-state index in [4.69, 9.17) is 4.74 Å². The van der Waals surface area contributed by atoms with Gasteiger partial charge in [0.2, 0.25) is 0 Å². The summed E-state index contributed by atoms with van der Waals surface area (Å²) in [6.45, 7) is 4.61. The molecule has 0 aliphatic heterocycles. The Kier molecular flexibility index (Phi) is 4.93. The molecule has 4 heteroatoms. The quantitative estimate of drug-likeness (QED) is 0.898. The standard InChI is InChI=1S/C17H18FNO2/c1-12(2)11-21-16-9-4-3-8-15(16)17(20)19-14-7-5-6-13(18)10-14/h3-10,12H,11H2,1-2H3,(H,19,20). The largest absolute Gasteiger partial charge is 0.492 e. The van der Waals surface area contributed by atoms with Crippen molar-refractivity contribution in [1.82, 2.24) is 0 Å². The van der Waals surface area contributed by atoms with Crippen molar-refractivity contribution in [3.05, 3.63) is 59.9 Å². The first-order valence-electron chi connectivity index (χ1n) is 6.85. The number of amides is 1. The number of hydrogen-bond acceptors (Lipinski definition) is 2. The van der Waals surface area contributed by atoms with Gasteiger partial charge in [-0.3, -0.25) is 4.79 Å². The molecule has 0 unspecified atom stereocenters. The number of halogens is 1. The average Bonchev–Trinajstić information content (AvgIpc) is 2.45. The number of nitrogens with one attached hydrogen (secondary N) is 1. The molecule has 0 atom stereocenters. The topological polar surface area (TPSA) is 38.3 Å². The van der Waals surface area contributed by atoms with Gasteiger partial charge in [-0.15, -0.1) is 0 Å². The summed E-state index contributed by atoms with van der Waals surface area (Å²) in [4.78, 5) is 12.3. The molecule has 2 aromatic carbocycles. The zero-order valence-corrected chi connectivity index (χ0v) is 12.1. The van der Waals surface area contributed by atoms with E-state index in [1.165, 1.54) is 12.1 Å². The zero-order chi connectivity index (χ0) is 15.2. The van der Waals surface area contributed by atoms with Crippen LogP contribution in [0.4, 0.5) is 10.1 Å². The van der Waals surface area contributed by atoms with Crippen molar-refractivity contribution in [3.8, 4) is 5.75 Å². The van der Waals surface area contributed by atoms with Gasteiger partial charge in [-0.05, 0) is 36.2 Å². The van der Waals surface area contributed by atoms with E-state index in [-0.39, 0.29) is 5.91 Å². The van der Waals surface area contributed by atoms with Gasteiger partial charge >= 0.3 is 0 Å². The van der Waals surface area contributed by atoms with Crippen molar-refractivity contribution in [2.75, 3.05) is 11.9 Å². The molecule has 110 valence electrons. The molecule has 0 aliphatic carbocycles. The molecule has 2 aromatic rings. The van der Waals surface area contributed by atoms with Crippen molar-refractivity contribution in [3.63, 3.8) is 0 Å². The lowest BCUT2D eigenvalue weighted by molar-refractivity contribution is 0.102. The zero-order valence-electron chi connectivity index (χ0n) is 12.1. The summed E-state index contributed by atoms with van der Waals surface area (Å²) in [5.41, 5.74) is 0.848. The Labute approximate surface area is 123 Å². The summed E-state index contributed by atoms with van der Waals surface area (Å²) in [5, 5.41) is 2.67. The van der Waals surface area contributed by atoms with Crippen LogP contribution < -0.4 is 10.1 Å². The molecule has 0 radical (unpaired) electrons. The van der Waals surface area contributed by atoms with Crippen LogP contribution in [0.1, 0.15) is 24.2 Å². The van der Waals surface area contributed by atoms with E-state index in [2.05, 4.69) is 5.32 Å². The molecule has 21 heavy (non-hydrogen) atoms. The number of rotatable bonds is 5. The number of carbonyl (C=O) groups is 1. The maximum atomic E-state index is 13.1. The highest BCUT2D eigenvalue weighted by molar-refractivity contribution is 6.06. The molecule has 2 rings (SSSR count). The number of para-hydroxylation sites is 1. The van der Waals surface area contributed by atoms with Gasteiger partial charge in [0.05, 0.1) is 12.2 Å². The van der Waals surface area contributed by atoms with E-state index in [1.54, 1.807) is 30.3 Å². The Morgan fingerprint density at radius 3 is 2.67 bits per heavy atom. The van der Waals surface area contributed by atoms with Gasteiger partial charge in [0.25, 0.3) is 5.91 Å². The average molecular weight is 287 g/mol. The number of hydrogen-bond donors (Lipinski definition) is 1. The predicted octanol–water partition coefficient (Wildman–Crippen LogP) is 4.11. The molecule has 0 bridgehead atoms. The summed E-state index contributed by atoms with van der Waals surface area (Å²) in [6, 6.07) is 12.8. The van der Waals surface area contributed by atoms with Crippen molar-refractivity contribution < 1.29 is 13.9 Å². The minimum atomic E-state index is -0.392. The van der Waals surface area contributed by atoms with Crippen LogP contribution in [-0.4, -0.2) is 12.5 Å². The third kappa shape index (κ3) is 4.31. The minimum absolute atomic E-state index is 0.319. The molecule has 3 nitrogen and oxygen atoms in total. The summed E-state index contributed by atoms with van der Waals surface area (Å²) in [6.07, 6.45) is 0. The second-order valence-electron chi connectivity index (χ2n) is 5.17. The summed E-state index contributed by atoms with van der Waals surface area (Å²) in [5.74, 6) is 0.182. The van der Waals surface area contributed by atoms with E-state index < -0.39 is 5.82 Å². The SMILES string of the molecule is CC(C)COc1ccccc1C(=O)Nc1cccc(F)c1. The molecule has 1 N–H and O–H groups in total. The van der Waals surface area contributed by atoms with Crippen LogP contribution in [0.25, 0.3) is 0 Å². The highest BCUT2D eigenvalue weighted by Gasteiger charge is 2.13. The van der Waals surface area contributed by atoms with E-state index in [1.807, 2.05) is 19.9 Å². The lowest BCUT2D eigenvalue weighted by Gasteiger charge is -2.13. The van der Waals surface area contributed by atoms with Gasteiger partial charge in [0.15, 0.2) is 0 Å². The summed E-state index contributed by atoms with van der Waals surface area (Å²) >= 11 is 0. The summed E-state index contributed by atoms with van der Waals surface area (Å²) in [7, 11) is 0. The molecular weight excluding hydrogens is 269 g/mol. The van der Waals surface area contributed by atoms with Crippen molar-refractivity contribution in [2.45, 2.75) is 13.8 Å². The Hall–Kier alpha value is -2.36. The highest BCUT2D eigenvalue weighted by atomic mass is 19.1. The van der Waals surface area contributed by atoms with Gasteiger partial charge < -0.3 is 10.1 Å². The third-order valence-corrected chi connectivity index (χ3v) is 2.79. The molecule has 0 aliphatic rings. The van der Waals surface area contributed by atoms with Crippen LogP contribution >= 0.6 is 0 Å². The molecule has 0 spiro atoms. The van der Waals surface area contributed by atoms with Crippen LogP contribution in [0.2, 0.25) is 0 Å². The Bertz CT molecular complexity index is 626. The van der Waals surface area contributed by atoms with Crippen molar-refractivity contribution in [2.24, 2.45) is 5.92 Å². The second kappa shape index (κ2) is 6.88. The number of carbonyl (C=O) groups excluding carboxylic acids is 1. The van der Waals surface area contributed by atoms with Gasteiger partial charge in [0, 0.05) is 5.69 Å². The minimum Gasteiger partial charge on any atom is -0.492 e. The van der Waals surface area contributed by atoms with E-state index in [0.717, 1.165) is 0 Å². The van der Waals surface area contributed by atoms with Gasteiger partial charge in [-0.2, -0.15) is 0 Å². The molecule has 0 heterocycles.